The zero-order valence-electron chi connectivity index (χ0n) is 16.4. The molecule has 3 heteroatoms. The highest BCUT2D eigenvalue weighted by molar-refractivity contribution is 5.50. The number of benzene rings is 2. The molecule has 0 N–H and O–H groups in total. The van der Waals surface area contributed by atoms with Crippen molar-refractivity contribution >= 4 is 6.08 Å². The van der Waals surface area contributed by atoms with E-state index in [2.05, 4.69) is 37.3 Å². The van der Waals surface area contributed by atoms with Gasteiger partial charge in [0, 0.05) is 6.61 Å². The molecule has 0 atom stereocenters. The molecule has 27 heavy (non-hydrogen) atoms. The van der Waals surface area contributed by atoms with Crippen molar-refractivity contribution in [1.29, 1.82) is 0 Å². The van der Waals surface area contributed by atoms with Crippen molar-refractivity contribution in [3.8, 4) is 11.5 Å². The standard InChI is InChI=1S/C24H30O3/c1-3-26-23-14-8-20(9-15-23)21-10-16-24(17-11-21)27-18-4-5-19-6-12-22(25-2)13-7-19/h4-7,10-13,16-17,20,23H,3,8-9,14-15,18H2,1-2H3/b5-4+. The number of ether oxygens (including phenoxy) is 3. The van der Waals surface area contributed by atoms with E-state index in [1.807, 2.05) is 30.3 Å². The van der Waals surface area contributed by atoms with Crippen LogP contribution in [0.5, 0.6) is 11.5 Å². The number of hydrogen-bond donors (Lipinski definition) is 0. The zero-order chi connectivity index (χ0) is 18.9. The van der Waals surface area contributed by atoms with E-state index >= 15 is 0 Å². The van der Waals surface area contributed by atoms with Crippen LogP contribution in [0.15, 0.2) is 54.6 Å². The molecule has 3 rings (SSSR count). The van der Waals surface area contributed by atoms with Gasteiger partial charge < -0.3 is 14.2 Å². The van der Waals surface area contributed by atoms with Crippen LogP contribution < -0.4 is 9.47 Å². The van der Waals surface area contributed by atoms with Crippen molar-refractivity contribution in [2.75, 3.05) is 20.3 Å². The van der Waals surface area contributed by atoms with Crippen molar-refractivity contribution in [1.82, 2.24) is 0 Å². The molecule has 0 bridgehead atoms. The molecule has 0 aromatic heterocycles. The molecule has 0 spiro atoms. The third kappa shape index (κ3) is 5.86. The van der Waals surface area contributed by atoms with Gasteiger partial charge in [-0.3, -0.25) is 0 Å². The molecule has 0 heterocycles. The van der Waals surface area contributed by atoms with Crippen LogP contribution in [0.1, 0.15) is 49.7 Å². The Morgan fingerprint density at radius 2 is 1.56 bits per heavy atom. The van der Waals surface area contributed by atoms with Gasteiger partial charge in [0.05, 0.1) is 13.2 Å². The first kappa shape index (κ1) is 19.5. The molecule has 0 amide bonds. The zero-order valence-corrected chi connectivity index (χ0v) is 16.4. The largest absolute Gasteiger partial charge is 0.497 e. The molecule has 144 valence electrons. The Morgan fingerprint density at radius 1 is 0.889 bits per heavy atom. The van der Waals surface area contributed by atoms with Crippen molar-refractivity contribution in [2.24, 2.45) is 0 Å². The smallest absolute Gasteiger partial charge is 0.119 e. The highest BCUT2D eigenvalue weighted by atomic mass is 16.5. The van der Waals surface area contributed by atoms with Crippen LogP contribution >= 0.6 is 0 Å². The Kier molecular flexibility index (Phi) is 7.35. The maximum Gasteiger partial charge on any atom is 0.119 e. The van der Waals surface area contributed by atoms with E-state index in [0.29, 0.717) is 18.6 Å². The minimum absolute atomic E-state index is 0.464. The number of hydrogen-bond acceptors (Lipinski definition) is 3. The summed E-state index contributed by atoms with van der Waals surface area (Å²) in [5, 5.41) is 0. The van der Waals surface area contributed by atoms with Gasteiger partial charge in [0.25, 0.3) is 0 Å². The summed E-state index contributed by atoms with van der Waals surface area (Å²) in [7, 11) is 1.68. The van der Waals surface area contributed by atoms with Gasteiger partial charge in [-0.15, -0.1) is 0 Å². The van der Waals surface area contributed by atoms with Gasteiger partial charge in [0.1, 0.15) is 18.1 Å². The van der Waals surface area contributed by atoms with E-state index in [4.69, 9.17) is 14.2 Å². The van der Waals surface area contributed by atoms with Crippen LogP contribution in [0.2, 0.25) is 0 Å². The van der Waals surface area contributed by atoms with Crippen LogP contribution in [0.25, 0.3) is 6.08 Å². The van der Waals surface area contributed by atoms with Gasteiger partial charge in [0.2, 0.25) is 0 Å². The third-order valence-corrected chi connectivity index (χ3v) is 5.20. The van der Waals surface area contributed by atoms with Gasteiger partial charge in [-0.1, -0.05) is 30.3 Å². The Hall–Kier alpha value is -2.26. The van der Waals surface area contributed by atoms with Crippen LogP contribution in [0, 0.1) is 0 Å². The number of rotatable bonds is 8. The lowest BCUT2D eigenvalue weighted by atomic mass is 9.83. The summed E-state index contributed by atoms with van der Waals surface area (Å²) >= 11 is 0. The normalized spacial score (nSPS) is 19.9. The minimum atomic E-state index is 0.464. The van der Waals surface area contributed by atoms with Crippen molar-refractivity contribution in [3.63, 3.8) is 0 Å². The Balaban J connectivity index is 1.44. The van der Waals surface area contributed by atoms with E-state index < -0.39 is 0 Å². The summed E-state index contributed by atoms with van der Waals surface area (Å²) in [5.74, 6) is 2.45. The quantitative estimate of drug-likeness (QED) is 0.586. The molecular weight excluding hydrogens is 336 g/mol. The first-order valence-corrected chi connectivity index (χ1v) is 9.93. The van der Waals surface area contributed by atoms with E-state index in [-0.39, 0.29) is 0 Å². The predicted molar refractivity (Wildman–Crippen MR) is 111 cm³/mol. The van der Waals surface area contributed by atoms with Crippen LogP contribution in [-0.2, 0) is 4.74 Å². The fourth-order valence-corrected chi connectivity index (χ4v) is 3.68. The second-order valence-electron chi connectivity index (χ2n) is 6.98. The lowest BCUT2D eigenvalue weighted by Gasteiger charge is -2.28. The first-order valence-electron chi connectivity index (χ1n) is 9.93. The van der Waals surface area contributed by atoms with Crippen LogP contribution in [0.3, 0.4) is 0 Å². The lowest BCUT2D eigenvalue weighted by Crippen LogP contribution is -2.20. The fraction of sp³-hybridized carbons (Fsp3) is 0.417. The van der Waals surface area contributed by atoms with E-state index in [0.717, 1.165) is 23.7 Å². The molecule has 1 aliphatic carbocycles. The van der Waals surface area contributed by atoms with Gasteiger partial charge >= 0.3 is 0 Å². The molecule has 0 radical (unpaired) electrons. The monoisotopic (exact) mass is 366 g/mol. The first-order chi connectivity index (χ1) is 13.3. The van der Waals surface area contributed by atoms with Gasteiger partial charge in [-0.2, -0.15) is 0 Å². The molecule has 1 aliphatic rings. The van der Waals surface area contributed by atoms with E-state index in [1.165, 1.54) is 31.2 Å². The highest BCUT2D eigenvalue weighted by Crippen LogP contribution is 2.34. The van der Waals surface area contributed by atoms with Gasteiger partial charge in [0.15, 0.2) is 0 Å². The molecule has 1 saturated carbocycles. The van der Waals surface area contributed by atoms with Crippen LogP contribution in [0.4, 0.5) is 0 Å². The summed E-state index contributed by atoms with van der Waals surface area (Å²) in [6.45, 7) is 3.47. The minimum Gasteiger partial charge on any atom is -0.497 e. The topological polar surface area (TPSA) is 27.7 Å². The van der Waals surface area contributed by atoms with Crippen molar-refractivity contribution < 1.29 is 14.2 Å². The lowest BCUT2D eigenvalue weighted by molar-refractivity contribution is 0.0328. The average Bonchev–Trinajstić information content (AvgIpc) is 2.73. The molecule has 0 saturated heterocycles. The Labute approximate surface area is 163 Å². The molecule has 1 fully saturated rings. The highest BCUT2D eigenvalue weighted by Gasteiger charge is 2.22. The van der Waals surface area contributed by atoms with Gasteiger partial charge in [-0.05, 0) is 80.0 Å². The van der Waals surface area contributed by atoms with Crippen molar-refractivity contribution in [2.45, 2.75) is 44.6 Å². The van der Waals surface area contributed by atoms with E-state index in [1.54, 1.807) is 7.11 Å². The molecule has 3 nitrogen and oxygen atoms in total. The second-order valence-corrected chi connectivity index (χ2v) is 6.98. The summed E-state index contributed by atoms with van der Waals surface area (Å²) in [4.78, 5) is 0. The Bertz CT molecular complexity index is 695. The molecule has 2 aromatic carbocycles. The maximum atomic E-state index is 5.83. The summed E-state index contributed by atoms with van der Waals surface area (Å²) in [6.07, 6.45) is 9.34. The Morgan fingerprint density at radius 3 is 2.19 bits per heavy atom. The molecule has 0 aliphatic heterocycles. The van der Waals surface area contributed by atoms with Crippen LogP contribution in [-0.4, -0.2) is 26.4 Å². The molecular formula is C24H30O3. The maximum absolute atomic E-state index is 5.83. The fourth-order valence-electron chi connectivity index (χ4n) is 3.68. The SMILES string of the molecule is CCOC1CCC(c2ccc(OC/C=C/c3ccc(OC)cc3)cc2)CC1. The summed E-state index contributed by atoms with van der Waals surface area (Å²) in [6, 6.07) is 16.6. The third-order valence-electron chi connectivity index (χ3n) is 5.20. The molecule has 0 unspecified atom stereocenters. The summed E-state index contributed by atoms with van der Waals surface area (Å²) in [5.41, 5.74) is 2.56. The van der Waals surface area contributed by atoms with E-state index in [9.17, 15) is 0 Å². The second kappa shape index (κ2) is 10.2. The predicted octanol–water partition coefficient (Wildman–Crippen LogP) is 5.85. The average molecular weight is 367 g/mol. The number of methoxy groups -OCH3 is 1. The molecule has 2 aromatic rings. The summed E-state index contributed by atoms with van der Waals surface area (Å²) < 4.78 is 16.8. The van der Waals surface area contributed by atoms with Crippen molar-refractivity contribution in [3.05, 3.63) is 65.7 Å². The van der Waals surface area contributed by atoms with Gasteiger partial charge in [-0.25, -0.2) is 0 Å².